The van der Waals surface area contributed by atoms with Crippen molar-refractivity contribution in [2.75, 3.05) is 26.3 Å². The lowest BCUT2D eigenvalue weighted by atomic mass is 10.1. The lowest BCUT2D eigenvalue weighted by Gasteiger charge is -2.26. The van der Waals surface area contributed by atoms with Gasteiger partial charge in [0.25, 0.3) is 0 Å². The molecule has 0 N–H and O–H groups in total. The zero-order chi connectivity index (χ0) is 19.0. The van der Waals surface area contributed by atoms with E-state index < -0.39 is 10.0 Å². The molecule has 0 aliphatic carbocycles. The highest BCUT2D eigenvalue weighted by Crippen LogP contribution is 2.28. The average Bonchev–Trinajstić information content (AvgIpc) is 3.06. The summed E-state index contributed by atoms with van der Waals surface area (Å²) >= 11 is 0. The van der Waals surface area contributed by atoms with Crippen LogP contribution in [-0.4, -0.2) is 48.6 Å². The number of aromatic nitrogens is 2. The van der Waals surface area contributed by atoms with Gasteiger partial charge in [-0.1, -0.05) is 23.8 Å². The Kier molecular flexibility index (Phi) is 4.75. The van der Waals surface area contributed by atoms with Gasteiger partial charge in [-0.2, -0.15) is 4.31 Å². The third kappa shape index (κ3) is 3.26. The van der Waals surface area contributed by atoms with Gasteiger partial charge in [-0.05, 0) is 38.1 Å². The van der Waals surface area contributed by atoms with Crippen molar-refractivity contribution in [3.05, 3.63) is 48.0 Å². The van der Waals surface area contributed by atoms with Crippen LogP contribution < -0.4 is 0 Å². The first kappa shape index (κ1) is 18.2. The summed E-state index contributed by atoms with van der Waals surface area (Å²) in [5.74, 6) is 0.858. The van der Waals surface area contributed by atoms with Gasteiger partial charge in [-0.25, -0.2) is 13.4 Å². The largest absolute Gasteiger partial charge is 0.379 e. The summed E-state index contributed by atoms with van der Waals surface area (Å²) in [5, 5.41) is 0. The maximum atomic E-state index is 12.9. The van der Waals surface area contributed by atoms with Crippen LogP contribution in [0, 0.1) is 6.92 Å². The number of nitrogens with zero attached hydrogens (tertiary/aromatic N) is 3. The minimum Gasteiger partial charge on any atom is -0.379 e. The normalized spacial score (nSPS) is 16.1. The Hall–Kier alpha value is -2.22. The van der Waals surface area contributed by atoms with Gasteiger partial charge in [0.05, 0.1) is 29.1 Å². The van der Waals surface area contributed by atoms with Crippen LogP contribution in [0.25, 0.3) is 22.4 Å². The molecule has 0 saturated carbocycles. The van der Waals surface area contributed by atoms with Crippen LogP contribution in [-0.2, 0) is 21.3 Å². The molecule has 4 rings (SSSR count). The molecule has 2 heterocycles. The highest BCUT2D eigenvalue weighted by Gasteiger charge is 2.27. The van der Waals surface area contributed by atoms with E-state index in [0.29, 0.717) is 31.8 Å². The molecule has 3 aromatic rings. The standard InChI is InChI=1S/C20H23N3O3S/c1-3-23-19-8-7-17(27(24,25)22-9-11-26-12-10-22)14-18(19)21-20(23)16-6-4-5-15(2)13-16/h4-8,13-14H,3,9-12H2,1-2H3. The van der Waals surface area contributed by atoms with Crippen LogP contribution in [0.15, 0.2) is 47.4 Å². The maximum absolute atomic E-state index is 12.9. The van der Waals surface area contributed by atoms with Gasteiger partial charge in [-0.15, -0.1) is 0 Å². The van der Waals surface area contributed by atoms with Crippen molar-refractivity contribution >= 4 is 21.1 Å². The molecule has 27 heavy (non-hydrogen) atoms. The van der Waals surface area contributed by atoms with Crippen molar-refractivity contribution in [2.24, 2.45) is 0 Å². The van der Waals surface area contributed by atoms with Crippen LogP contribution in [0.5, 0.6) is 0 Å². The molecule has 1 aromatic heterocycles. The number of ether oxygens (including phenoxy) is 1. The topological polar surface area (TPSA) is 64.4 Å². The molecule has 0 atom stereocenters. The fraction of sp³-hybridized carbons (Fsp3) is 0.350. The van der Waals surface area contributed by atoms with E-state index in [9.17, 15) is 8.42 Å². The van der Waals surface area contributed by atoms with E-state index in [-0.39, 0.29) is 4.90 Å². The summed E-state index contributed by atoms with van der Waals surface area (Å²) in [6, 6.07) is 13.4. The first-order valence-corrected chi connectivity index (χ1v) is 10.6. The summed E-state index contributed by atoms with van der Waals surface area (Å²) in [6.07, 6.45) is 0. The molecule has 0 amide bonds. The van der Waals surface area contributed by atoms with Gasteiger partial charge in [0.1, 0.15) is 5.82 Å². The Morgan fingerprint density at radius 3 is 2.59 bits per heavy atom. The third-order valence-electron chi connectivity index (χ3n) is 4.92. The molecular weight excluding hydrogens is 362 g/mol. The summed E-state index contributed by atoms with van der Waals surface area (Å²) in [6.45, 7) is 6.52. The quantitative estimate of drug-likeness (QED) is 0.692. The van der Waals surface area contributed by atoms with Gasteiger partial charge in [0, 0.05) is 25.2 Å². The molecule has 1 aliphatic heterocycles. The van der Waals surface area contributed by atoms with E-state index in [1.807, 2.05) is 18.2 Å². The van der Waals surface area contributed by atoms with Crippen molar-refractivity contribution in [3.8, 4) is 11.4 Å². The first-order chi connectivity index (χ1) is 13.0. The second-order valence-electron chi connectivity index (χ2n) is 6.72. The SMILES string of the molecule is CCn1c(-c2cccc(C)c2)nc2cc(S(=O)(=O)N3CCOCC3)ccc21. The van der Waals surface area contributed by atoms with Crippen molar-refractivity contribution < 1.29 is 13.2 Å². The van der Waals surface area contributed by atoms with E-state index in [1.54, 1.807) is 12.1 Å². The van der Waals surface area contributed by atoms with Crippen LogP contribution in [0.2, 0.25) is 0 Å². The molecule has 2 aromatic carbocycles. The van der Waals surface area contributed by atoms with Crippen LogP contribution in [0.1, 0.15) is 12.5 Å². The molecule has 7 heteroatoms. The Morgan fingerprint density at radius 1 is 1.11 bits per heavy atom. The fourth-order valence-corrected chi connectivity index (χ4v) is 4.96. The van der Waals surface area contributed by atoms with Crippen LogP contribution in [0.3, 0.4) is 0 Å². The molecule has 0 bridgehead atoms. The average molecular weight is 385 g/mol. The molecule has 1 saturated heterocycles. The van der Waals surface area contributed by atoms with E-state index in [4.69, 9.17) is 9.72 Å². The summed E-state index contributed by atoms with van der Waals surface area (Å²) in [5.41, 5.74) is 3.83. The fourth-order valence-electron chi connectivity index (χ4n) is 3.53. The molecule has 1 aliphatic rings. The van der Waals surface area contributed by atoms with Crippen molar-refractivity contribution in [3.63, 3.8) is 0 Å². The lowest BCUT2D eigenvalue weighted by molar-refractivity contribution is 0.0730. The van der Waals surface area contributed by atoms with E-state index in [1.165, 1.54) is 4.31 Å². The minimum absolute atomic E-state index is 0.286. The number of aryl methyl sites for hydroxylation is 2. The molecule has 0 spiro atoms. The second-order valence-corrected chi connectivity index (χ2v) is 8.65. The van der Waals surface area contributed by atoms with Gasteiger partial charge >= 0.3 is 0 Å². The molecule has 1 fully saturated rings. The van der Waals surface area contributed by atoms with Gasteiger partial charge in [0.2, 0.25) is 10.0 Å². The zero-order valence-electron chi connectivity index (χ0n) is 15.6. The molecular formula is C20H23N3O3S. The number of sulfonamides is 1. The predicted molar refractivity (Wildman–Crippen MR) is 105 cm³/mol. The predicted octanol–water partition coefficient (Wildman–Crippen LogP) is 3.05. The molecule has 0 unspecified atom stereocenters. The number of hydrogen-bond donors (Lipinski definition) is 0. The number of hydrogen-bond acceptors (Lipinski definition) is 4. The van der Waals surface area contributed by atoms with Crippen molar-refractivity contribution in [1.29, 1.82) is 0 Å². The third-order valence-corrected chi connectivity index (χ3v) is 6.81. The summed E-state index contributed by atoms with van der Waals surface area (Å²) in [7, 11) is -3.53. The number of benzene rings is 2. The number of imidazole rings is 1. The van der Waals surface area contributed by atoms with Crippen LogP contribution in [0.4, 0.5) is 0 Å². The van der Waals surface area contributed by atoms with E-state index in [2.05, 4.69) is 30.5 Å². The highest BCUT2D eigenvalue weighted by atomic mass is 32.2. The van der Waals surface area contributed by atoms with E-state index >= 15 is 0 Å². The highest BCUT2D eigenvalue weighted by molar-refractivity contribution is 7.89. The Morgan fingerprint density at radius 2 is 1.89 bits per heavy atom. The molecule has 0 radical (unpaired) electrons. The van der Waals surface area contributed by atoms with Gasteiger partial charge < -0.3 is 9.30 Å². The first-order valence-electron chi connectivity index (χ1n) is 9.16. The number of fused-ring (bicyclic) bond motifs is 1. The molecule has 6 nitrogen and oxygen atoms in total. The van der Waals surface area contributed by atoms with Crippen molar-refractivity contribution in [2.45, 2.75) is 25.3 Å². The maximum Gasteiger partial charge on any atom is 0.243 e. The van der Waals surface area contributed by atoms with Crippen LogP contribution >= 0.6 is 0 Å². The van der Waals surface area contributed by atoms with Gasteiger partial charge in [-0.3, -0.25) is 0 Å². The monoisotopic (exact) mass is 385 g/mol. The summed E-state index contributed by atoms with van der Waals surface area (Å²) < 4.78 is 34.8. The number of morpholine rings is 1. The number of rotatable bonds is 4. The second kappa shape index (κ2) is 7.07. The lowest BCUT2D eigenvalue weighted by Crippen LogP contribution is -2.40. The van der Waals surface area contributed by atoms with Gasteiger partial charge in [0.15, 0.2) is 0 Å². The van der Waals surface area contributed by atoms with E-state index in [0.717, 1.165) is 29.0 Å². The zero-order valence-corrected chi connectivity index (χ0v) is 16.4. The minimum atomic E-state index is -3.53. The smallest absolute Gasteiger partial charge is 0.243 e. The Labute approximate surface area is 159 Å². The summed E-state index contributed by atoms with van der Waals surface area (Å²) in [4.78, 5) is 5.06. The van der Waals surface area contributed by atoms with Crippen molar-refractivity contribution in [1.82, 2.24) is 13.9 Å². The Bertz CT molecular complexity index is 1080. The Balaban J connectivity index is 1.81. The molecule has 142 valence electrons.